The number of amides is 1. The van der Waals surface area contributed by atoms with Gasteiger partial charge in [-0.15, -0.1) is 0 Å². The third kappa shape index (κ3) is 4.34. The molecule has 0 aliphatic carbocycles. The first-order valence-electron chi connectivity index (χ1n) is 7.17. The van der Waals surface area contributed by atoms with Crippen LogP contribution in [0, 0.1) is 5.92 Å². The zero-order valence-corrected chi connectivity index (χ0v) is 13.4. The maximum atomic E-state index is 12.3. The number of ether oxygens (including phenoxy) is 1. The van der Waals surface area contributed by atoms with Gasteiger partial charge in [0.2, 0.25) is 11.7 Å². The van der Waals surface area contributed by atoms with Crippen LogP contribution in [0.5, 0.6) is 0 Å². The van der Waals surface area contributed by atoms with Gasteiger partial charge in [0.15, 0.2) is 6.10 Å². The van der Waals surface area contributed by atoms with Crippen molar-refractivity contribution in [3.8, 4) is 0 Å². The molecule has 2 atom stereocenters. The number of Topliss-reactive ketones (excluding diaryl/α,β-unsaturated/α-hetero) is 1. The van der Waals surface area contributed by atoms with Crippen LogP contribution < -0.4 is 5.32 Å². The molecule has 1 aliphatic heterocycles. The monoisotopic (exact) mass is 321 g/mol. The van der Waals surface area contributed by atoms with Gasteiger partial charge in [0, 0.05) is 23.9 Å². The first-order chi connectivity index (χ1) is 10.5. The van der Waals surface area contributed by atoms with Gasteiger partial charge in [0.05, 0.1) is 5.92 Å². The minimum Gasteiger partial charge on any atom is -0.454 e. The van der Waals surface area contributed by atoms with Crippen LogP contribution in [0.2, 0.25) is 0 Å². The van der Waals surface area contributed by atoms with Gasteiger partial charge in [-0.3, -0.25) is 14.4 Å². The van der Waals surface area contributed by atoms with E-state index in [1.165, 1.54) is 6.92 Å². The summed E-state index contributed by atoms with van der Waals surface area (Å²) in [5.41, 5.74) is 1.08. The number of thioether (sulfide) groups is 1. The predicted octanol–water partition coefficient (Wildman–Crippen LogP) is 2.51. The van der Waals surface area contributed by atoms with Crippen LogP contribution in [0.15, 0.2) is 24.3 Å². The highest BCUT2D eigenvalue weighted by Gasteiger charge is 2.28. The molecule has 5 nitrogen and oxygen atoms in total. The quantitative estimate of drug-likeness (QED) is 0.666. The van der Waals surface area contributed by atoms with Crippen molar-refractivity contribution < 1.29 is 19.1 Å². The van der Waals surface area contributed by atoms with Gasteiger partial charge in [0.1, 0.15) is 0 Å². The summed E-state index contributed by atoms with van der Waals surface area (Å²) in [5, 5.41) is 2.63. The van der Waals surface area contributed by atoms with Gasteiger partial charge in [0.25, 0.3) is 0 Å². The first kappa shape index (κ1) is 16.5. The summed E-state index contributed by atoms with van der Waals surface area (Å²) in [6, 6.07) is 6.53. The van der Waals surface area contributed by atoms with Crippen molar-refractivity contribution in [1.29, 1.82) is 0 Å². The number of hydrogen-bond acceptors (Lipinski definition) is 5. The van der Waals surface area contributed by atoms with E-state index in [0.717, 1.165) is 17.9 Å². The Morgan fingerprint density at radius 3 is 2.50 bits per heavy atom. The van der Waals surface area contributed by atoms with Crippen LogP contribution in [0.4, 0.5) is 5.69 Å². The lowest BCUT2D eigenvalue weighted by Gasteiger charge is -2.15. The van der Waals surface area contributed by atoms with Crippen LogP contribution in [0.3, 0.4) is 0 Å². The van der Waals surface area contributed by atoms with Crippen molar-refractivity contribution >= 4 is 35.1 Å². The molecule has 1 aliphatic rings. The topological polar surface area (TPSA) is 72.5 Å². The van der Waals surface area contributed by atoms with Crippen molar-refractivity contribution in [2.75, 3.05) is 16.8 Å². The third-order valence-electron chi connectivity index (χ3n) is 3.41. The van der Waals surface area contributed by atoms with Gasteiger partial charge in [-0.25, -0.2) is 0 Å². The van der Waals surface area contributed by atoms with Gasteiger partial charge >= 0.3 is 5.97 Å². The van der Waals surface area contributed by atoms with E-state index in [1.807, 2.05) is 0 Å². The number of anilines is 1. The molecule has 1 aromatic carbocycles. The molecule has 0 radical (unpaired) electrons. The molecule has 6 heteroatoms. The van der Waals surface area contributed by atoms with Crippen molar-refractivity contribution in [1.82, 2.24) is 0 Å². The van der Waals surface area contributed by atoms with Crippen LogP contribution in [0.1, 0.15) is 30.6 Å². The molecule has 2 rings (SSSR count). The average molecular weight is 321 g/mol. The lowest BCUT2D eigenvalue weighted by Crippen LogP contribution is -2.28. The van der Waals surface area contributed by atoms with E-state index in [9.17, 15) is 14.4 Å². The molecule has 0 spiro atoms. The van der Waals surface area contributed by atoms with Crippen LogP contribution in [0.25, 0.3) is 0 Å². The smallest absolute Gasteiger partial charge is 0.310 e. The molecule has 1 fully saturated rings. The Balaban J connectivity index is 1.94. The van der Waals surface area contributed by atoms with Gasteiger partial charge in [-0.1, -0.05) is 0 Å². The number of rotatable bonds is 5. The molecule has 1 N–H and O–H groups in total. The fraction of sp³-hybridized carbons (Fsp3) is 0.438. The van der Waals surface area contributed by atoms with E-state index in [1.54, 1.807) is 43.0 Å². The second-order valence-electron chi connectivity index (χ2n) is 5.26. The van der Waals surface area contributed by atoms with E-state index in [-0.39, 0.29) is 23.6 Å². The molecule has 1 amide bonds. The molecule has 1 aromatic rings. The van der Waals surface area contributed by atoms with E-state index in [4.69, 9.17) is 4.74 Å². The third-order valence-corrected chi connectivity index (χ3v) is 4.58. The van der Waals surface area contributed by atoms with Crippen LogP contribution in [-0.4, -0.2) is 35.3 Å². The average Bonchev–Trinajstić information content (AvgIpc) is 3.01. The molecule has 1 heterocycles. The van der Waals surface area contributed by atoms with Gasteiger partial charge in [-0.2, -0.15) is 11.8 Å². The van der Waals surface area contributed by atoms with Crippen LogP contribution in [-0.2, 0) is 14.3 Å². The van der Waals surface area contributed by atoms with E-state index >= 15 is 0 Å². The lowest BCUT2D eigenvalue weighted by atomic mass is 10.1. The molecule has 0 aromatic heterocycles. The fourth-order valence-corrected chi connectivity index (χ4v) is 3.41. The highest BCUT2D eigenvalue weighted by atomic mass is 32.2. The van der Waals surface area contributed by atoms with Crippen molar-refractivity contribution in [2.45, 2.75) is 26.4 Å². The summed E-state index contributed by atoms with van der Waals surface area (Å²) in [6.45, 7) is 3.01. The zero-order valence-electron chi connectivity index (χ0n) is 12.6. The molecule has 0 unspecified atom stereocenters. The number of ketones is 1. The standard InChI is InChI=1S/C16H19NO4S/c1-10(21-16(20)13-7-8-22-9-13)15(19)12-3-5-14(6-4-12)17-11(2)18/h3-6,10,13H,7-9H2,1-2H3,(H,17,18)/t10-,13-/m0/s1. The highest BCUT2D eigenvalue weighted by molar-refractivity contribution is 7.99. The summed E-state index contributed by atoms with van der Waals surface area (Å²) in [6.07, 6.45) is 0.0141. The number of nitrogens with one attached hydrogen (secondary N) is 1. The summed E-state index contributed by atoms with van der Waals surface area (Å²) < 4.78 is 5.27. The molecule has 22 heavy (non-hydrogen) atoms. The minimum absolute atomic E-state index is 0.0950. The number of carbonyl (C=O) groups is 3. The number of hydrogen-bond donors (Lipinski definition) is 1. The zero-order chi connectivity index (χ0) is 16.1. The first-order valence-corrected chi connectivity index (χ1v) is 8.33. The maximum Gasteiger partial charge on any atom is 0.310 e. The Morgan fingerprint density at radius 1 is 1.27 bits per heavy atom. The Kier molecular flexibility index (Phi) is 5.60. The molecular formula is C16H19NO4S. The maximum absolute atomic E-state index is 12.3. The van der Waals surface area contributed by atoms with E-state index in [0.29, 0.717) is 11.3 Å². The van der Waals surface area contributed by atoms with Crippen molar-refractivity contribution in [3.05, 3.63) is 29.8 Å². The Morgan fingerprint density at radius 2 is 1.95 bits per heavy atom. The molecule has 0 saturated carbocycles. The second kappa shape index (κ2) is 7.45. The number of benzene rings is 1. The van der Waals surface area contributed by atoms with Gasteiger partial charge < -0.3 is 10.1 Å². The molecule has 118 valence electrons. The summed E-state index contributed by atoms with van der Waals surface area (Å²) in [4.78, 5) is 35.1. The molecular weight excluding hydrogens is 302 g/mol. The van der Waals surface area contributed by atoms with Crippen molar-refractivity contribution in [3.63, 3.8) is 0 Å². The summed E-state index contributed by atoms with van der Waals surface area (Å²) >= 11 is 1.73. The van der Waals surface area contributed by atoms with Crippen LogP contribution >= 0.6 is 11.8 Å². The van der Waals surface area contributed by atoms with Gasteiger partial charge in [-0.05, 0) is 43.4 Å². The Labute approximate surface area is 133 Å². The number of esters is 1. The van der Waals surface area contributed by atoms with E-state index < -0.39 is 6.10 Å². The second-order valence-corrected chi connectivity index (χ2v) is 6.41. The SMILES string of the molecule is CC(=O)Nc1ccc(C(=O)[C@H](C)OC(=O)[C@H]2CCSC2)cc1. The highest BCUT2D eigenvalue weighted by Crippen LogP contribution is 2.25. The fourth-order valence-electron chi connectivity index (χ4n) is 2.20. The minimum atomic E-state index is -0.801. The normalized spacial score (nSPS) is 18.5. The van der Waals surface area contributed by atoms with Crippen molar-refractivity contribution in [2.24, 2.45) is 5.92 Å². The van der Waals surface area contributed by atoms with E-state index in [2.05, 4.69) is 5.32 Å². The summed E-state index contributed by atoms with van der Waals surface area (Å²) in [7, 11) is 0. The summed E-state index contributed by atoms with van der Waals surface area (Å²) in [5.74, 6) is 0.935. The predicted molar refractivity (Wildman–Crippen MR) is 86.1 cm³/mol. The lowest BCUT2D eigenvalue weighted by molar-refractivity contribution is -0.150. The number of carbonyl (C=O) groups excluding carboxylic acids is 3. The Hall–Kier alpha value is -1.82. The molecule has 1 saturated heterocycles. The largest absolute Gasteiger partial charge is 0.454 e. The molecule has 0 bridgehead atoms. The Bertz CT molecular complexity index is 564.